The first kappa shape index (κ1) is 11.1. The molecule has 10 aromatic rings. The Labute approximate surface area is 326 Å². The Morgan fingerprint density at radius 2 is 0.837 bits per heavy atom. The summed E-state index contributed by atoms with van der Waals surface area (Å²) in [5, 5.41) is -5.48. The van der Waals surface area contributed by atoms with Gasteiger partial charge in [-0.1, -0.05) is 157 Å². The summed E-state index contributed by atoms with van der Waals surface area (Å²) < 4.78 is 274. The lowest BCUT2D eigenvalue weighted by Crippen LogP contribution is -1.90. The molecule has 0 fully saturated rings. The molecular weight excluding hydrogens is 593 g/mol. The summed E-state index contributed by atoms with van der Waals surface area (Å²) in [5.74, 6) is 0. The molecule has 49 heavy (non-hydrogen) atoms. The molecule has 1 nitrogen and oxygen atoms in total. The minimum Gasteiger partial charge on any atom is -0.455 e. The molecule has 0 aliphatic rings. The first-order valence-electron chi connectivity index (χ1n) is 29.4. The van der Waals surface area contributed by atoms with Gasteiger partial charge in [-0.15, -0.1) is 0 Å². The van der Waals surface area contributed by atoms with Gasteiger partial charge in [0.25, 0.3) is 0 Å². The molecule has 0 N–H and O–H groups in total. The molecule has 1 aromatic heterocycles. The van der Waals surface area contributed by atoms with Crippen molar-refractivity contribution in [2.75, 3.05) is 0 Å². The van der Waals surface area contributed by atoms with Gasteiger partial charge in [0, 0.05) is 16.3 Å². The molecule has 10 rings (SSSR count). The van der Waals surface area contributed by atoms with Crippen molar-refractivity contribution in [1.29, 1.82) is 0 Å². The first-order chi connectivity index (χ1) is 36.8. The zero-order valence-electron chi connectivity index (χ0n) is 54.4. The fraction of sp³-hybridized carbons (Fsp3) is 0. The van der Waals surface area contributed by atoms with Crippen molar-refractivity contribution in [2.45, 2.75) is 0 Å². The summed E-state index contributed by atoms with van der Waals surface area (Å²) >= 11 is 0. The van der Waals surface area contributed by atoms with Gasteiger partial charge in [0.1, 0.15) is 11.2 Å². The monoisotopic (exact) mass is 652 g/mol. The maximum Gasteiger partial charge on any atom is 0.143 e. The van der Waals surface area contributed by atoms with E-state index in [1.165, 1.54) is 0 Å². The summed E-state index contributed by atoms with van der Waals surface area (Å²) in [7, 11) is 0. The second kappa shape index (κ2) is 11.1. The standard InChI is InChI=1S/C48H30O/c1-3-12-31(13-4-1)35-26-27-39-44-21-11-20-38(48(44)49-45(39)30-35)36-24-22-34-29-37(25-23-33(34)28-36)47-42-18-9-7-16-40(42)46(32-14-5-2-6-15-32)41-17-8-10-19-43(41)47/h1-30H/i1D,2D,3D,4D,5D,6D,7D,8D,9D,10D,11D,12D,13D,14D,15D,16D,17D,18D,19D,20D,21D,22D,23D,24D,25D,26D,27D,28D,29D,30D. The van der Waals surface area contributed by atoms with Crippen LogP contribution >= 0.6 is 0 Å². The second-order valence-corrected chi connectivity index (χ2v) is 10.5. The predicted octanol–water partition coefficient (Wildman–Crippen LogP) is 13.7. The van der Waals surface area contributed by atoms with Crippen LogP contribution in [0.1, 0.15) is 41.1 Å². The molecule has 0 amide bonds. The van der Waals surface area contributed by atoms with Crippen molar-refractivity contribution >= 4 is 54.3 Å². The van der Waals surface area contributed by atoms with Gasteiger partial charge >= 0.3 is 0 Å². The fourth-order valence-corrected chi connectivity index (χ4v) is 5.72. The first-order valence-corrected chi connectivity index (χ1v) is 14.4. The van der Waals surface area contributed by atoms with Gasteiger partial charge in [-0.05, 0) is 95.4 Å². The average Bonchev–Trinajstić information content (AvgIpc) is 3.82. The van der Waals surface area contributed by atoms with Gasteiger partial charge in [-0.25, -0.2) is 0 Å². The SMILES string of the molecule is [2H]c1c([2H])c([2H])c(-c2c([2H])c([2H])c3c(oc4c(-c5c([2H])c([2H])c6c([2H])c(-c7c8c([2H])c([2H])c([2H])c([2H])c8c(-c8c([2H])c([2H])c([2H])c([2H])c8[2H])c8c([2H])c([2H])c([2H])c([2H])c78)c([2H])c([2H])c6c5[2H])c([2H])c([2H])c([2H])c43)c2[2H])c([2H])c1[2H]. The average molecular weight is 653 g/mol. The summed E-state index contributed by atoms with van der Waals surface area (Å²) in [5.41, 5.74) is -7.23. The minimum atomic E-state index is -1.09. The van der Waals surface area contributed by atoms with Gasteiger partial charge < -0.3 is 4.42 Å². The van der Waals surface area contributed by atoms with Crippen LogP contribution in [0.5, 0.6) is 0 Å². The van der Waals surface area contributed by atoms with Crippen LogP contribution in [0.2, 0.25) is 0 Å². The summed E-state index contributed by atoms with van der Waals surface area (Å²) in [4.78, 5) is 0. The van der Waals surface area contributed by atoms with Gasteiger partial charge in [-0.3, -0.25) is 0 Å². The van der Waals surface area contributed by atoms with Crippen molar-refractivity contribution in [2.24, 2.45) is 0 Å². The number of para-hydroxylation sites is 1. The van der Waals surface area contributed by atoms with Crippen LogP contribution in [-0.2, 0) is 0 Å². The van der Waals surface area contributed by atoms with E-state index in [-0.39, 0.29) is 0 Å². The molecule has 0 bridgehead atoms. The highest BCUT2D eigenvalue weighted by Gasteiger charge is 2.17. The van der Waals surface area contributed by atoms with Crippen LogP contribution in [0, 0.1) is 0 Å². The number of rotatable bonds is 4. The van der Waals surface area contributed by atoms with E-state index in [0.717, 1.165) is 0 Å². The van der Waals surface area contributed by atoms with E-state index in [9.17, 15) is 15.1 Å². The highest BCUT2D eigenvalue weighted by Crippen LogP contribution is 2.44. The minimum absolute atomic E-state index is 0.508. The number of hydrogen-bond acceptors (Lipinski definition) is 1. The molecule has 9 aromatic carbocycles. The third-order valence-electron chi connectivity index (χ3n) is 7.81. The Kier molecular flexibility index (Phi) is 2.50. The third kappa shape index (κ3) is 4.47. The normalized spacial score (nSPS) is 20.2. The molecule has 228 valence electrons. The largest absolute Gasteiger partial charge is 0.455 e. The van der Waals surface area contributed by atoms with E-state index < -0.39 is 280 Å². The summed E-state index contributed by atoms with van der Waals surface area (Å²) in [6, 6.07) is -28.2. The van der Waals surface area contributed by atoms with E-state index in [4.69, 9.17) is 30.5 Å². The molecule has 0 unspecified atom stereocenters. The molecular formula is C48H30O. The molecule has 0 saturated heterocycles. The van der Waals surface area contributed by atoms with Gasteiger partial charge in [0.2, 0.25) is 0 Å². The number of furan rings is 1. The third-order valence-corrected chi connectivity index (χ3v) is 7.81. The van der Waals surface area contributed by atoms with E-state index >= 15 is 0 Å². The quantitative estimate of drug-likeness (QED) is 0.172. The molecule has 1 heteroatoms. The highest BCUT2D eigenvalue weighted by molar-refractivity contribution is 6.21. The number of hydrogen-bond donors (Lipinski definition) is 0. The van der Waals surface area contributed by atoms with Crippen LogP contribution in [0.15, 0.2) is 186 Å². The van der Waals surface area contributed by atoms with Crippen molar-refractivity contribution in [3.8, 4) is 44.5 Å². The van der Waals surface area contributed by atoms with E-state index in [1.807, 2.05) is 0 Å². The van der Waals surface area contributed by atoms with Crippen molar-refractivity contribution < 1.29 is 45.5 Å². The number of benzene rings is 9. The van der Waals surface area contributed by atoms with Crippen LogP contribution < -0.4 is 0 Å². The van der Waals surface area contributed by atoms with Crippen molar-refractivity contribution in [3.63, 3.8) is 0 Å². The Morgan fingerprint density at radius 1 is 0.327 bits per heavy atom. The maximum absolute atomic E-state index is 9.78. The number of fused-ring (bicyclic) bond motifs is 6. The Morgan fingerprint density at radius 3 is 1.49 bits per heavy atom. The van der Waals surface area contributed by atoms with Crippen molar-refractivity contribution in [1.82, 2.24) is 0 Å². The van der Waals surface area contributed by atoms with Crippen LogP contribution in [-0.4, -0.2) is 0 Å². The molecule has 0 saturated carbocycles. The molecule has 0 aliphatic carbocycles. The van der Waals surface area contributed by atoms with Gasteiger partial charge in [0.15, 0.2) is 0 Å². The zero-order chi connectivity index (χ0) is 58.4. The molecule has 0 radical (unpaired) electrons. The smallest absolute Gasteiger partial charge is 0.143 e. The highest BCUT2D eigenvalue weighted by atomic mass is 16.3. The Balaban J connectivity index is 1.38. The lowest BCUT2D eigenvalue weighted by atomic mass is 9.85. The lowest BCUT2D eigenvalue weighted by Gasteiger charge is -2.18. The van der Waals surface area contributed by atoms with Gasteiger partial charge in [0.05, 0.1) is 41.1 Å². The maximum atomic E-state index is 9.78. The zero-order valence-corrected chi connectivity index (χ0v) is 24.4. The Bertz CT molecular complexity index is 4460. The van der Waals surface area contributed by atoms with E-state index in [1.54, 1.807) is 0 Å². The molecule has 0 atom stereocenters. The fourth-order valence-electron chi connectivity index (χ4n) is 5.72. The Hall–Kier alpha value is -6.44. The molecule has 0 aliphatic heterocycles. The van der Waals surface area contributed by atoms with E-state index in [0.29, 0.717) is 0 Å². The van der Waals surface area contributed by atoms with Crippen LogP contribution in [0.3, 0.4) is 0 Å². The van der Waals surface area contributed by atoms with E-state index in [2.05, 4.69) is 0 Å². The second-order valence-electron chi connectivity index (χ2n) is 10.5. The summed E-state index contributed by atoms with van der Waals surface area (Å²) in [6.07, 6.45) is 0. The van der Waals surface area contributed by atoms with Crippen LogP contribution in [0.25, 0.3) is 98.8 Å². The topological polar surface area (TPSA) is 13.1 Å². The van der Waals surface area contributed by atoms with Crippen molar-refractivity contribution in [3.05, 3.63) is 181 Å². The summed E-state index contributed by atoms with van der Waals surface area (Å²) in [6.45, 7) is 0. The lowest BCUT2D eigenvalue weighted by molar-refractivity contribution is 0.670. The van der Waals surface area contributed by atoms with Crippen LogP contribution in [0.4, 0.5) is 0 Å². The predicted molar refractivity (Wildman–Crippen MR) is 208 cm³/mol. The molecule has 1 heterocycles. The molecule has 0 spiro atoms. The van der Waals surface area contributed by atoms with Gasteiger partial charge in [-0.2, -0.15) is 0 Å².